The molecule has 0 aliphatic heterocycles. The highest BCUT2D eigenvalue weighted by atomic mass is 32.2. The minimum Gasteiger partial charge on any atom is -0.383 e. The predicted octanol–water partition coefficient (Wildman–Crippen LogP) is 5.57. The minimum atomic E-state index is 0.105. The van der Waals surface area contributed by atoms with Crippen LogP contribution in [0.3, 0.4) is 0 Å². The number of amidine groups is 1. The topological polar surface area (TPSA) is 74.8 Å². The van der Waals surface area contributed by atoms with E-state index >= 15 is 0 Å². The first kappa shape index (κ1) is 18.0. The highest BCUT2D eigenvalue weighted by Gasteiger charge is 2.15. The number of aromatic nitrogens is 1. The molecule has 0 unspecified atom stereocenters. The zero-order valence-electron chi connectivity index (χ0n) is 14.1. The molecule has 130 valence electrons. The first-order valence-corrected chi connectivity index (χ1v) is 10.9. The molecule has 0 aliphatic carbocycles. The van der Waals surface area contributed by atoms with Crippen molar-refractivity contribution in [3.05, 3.63) is 46.2 Å². The Morgan fingerprint density at radius 1 is 1.36 bits per heavy atom. The van der Waals surface area contributed by atoms with Gasteiger partial charge in [0.05, 0.1) is 14.8 Å². The molecule has 4 N–H and O–H groups in total. The van der Waals surface area contributed by atoms with E-state index in [9.17, 15) is 0 Å². The average Bonchev–Trinajstić information content (AvgIpc) is 3.23. The van der Waals surface area contributed by atoms with Gasteiger partial charge < -0.3 is 11.1 Å². The molecular weight excluding hydrogens is 368 g/mol. The Hall–Kier alpha value is -1.83. The van der Waals surface area contributed by atoms with Crippen LogP contribution in [0.4, 0.5) is 10.8 Å². The first-order chi connectivity index (χ1) is 12.1. The molecule has 0 fully saturated rings. The van der Waals surface area contributed by atoms with E-state index in [1.807, 2.05) is 18.4 Å². The van der Waals surface area contributed by atoms with Gasteiger partial charge in [-0.15, -0.1) is 34.4 Å². The fourth-order valence-electron chi connectivity index (χ4n) is 2.54. The van der Waals surface area contributed by atoms with Gasteiger partial charge >= 0.3 is 0 Å². The standard InChI is InChI=1S/C18H20N4S3/c1-3-6-11-7-4-5-8-13(11)21-18-22-14(10-24-18)12-9-15(16(19)20)25-17(12)23-2/h4-5,7-10H,3,6H2,1-2H3,(H3,19,20)(H,21,22). The molecule has 3 rings (SSSR count). The summed E-state index contributed by atoms with van der Waals surface area (Å²) in [6.07, 6.45) is 4.19. The van der Waals surface area contributed by atoms with Crippen molar-refractivity contribution in [1.82, 2.24) is 4.98 Å². The average molecular weight is 389 g/mol. The van der Waals surface area contributed by atoms with Gasteiger partial charge in [-0.1, -0.05) is 31.5 Å². The number of aryl methyl sites for hydroxylation is 1. The fourth-order valence-corrected chi connectivity index (χ4v) is 5.01. The summed E-state index contributed by atoms with van der Waals surface area (Å²) in [5.41, 5.74) is 10.0. The number of nitrogen functional groups attached to an aromatic ring is 1. The van der Waals surface area contributed by atoms with Crippen LogP contribution in [0.2, 0.25) is 0 Å². The summed E-state index contributed by atoms with van der Waals surface area (Å²) < 4.78 is 1.13. The van der Waals surface area contributed by atoms with Gasteiger partial charge in [0.2, 0.25) is 0 Å². The number of nitrogens with two attached hydrogens (primary N) is 1. The molecule has 2 heterocycles. The van der Waals surface area contributed by atoms with Crippen LogP contribution < -0.4 is 11.1 Å². The Kier molecular flexibility index (Phi) is 5.78. The largest absolute Gasteiger partial charge is 0.383 e. The summed E-state index contributed by atoms with van der Waals surface area (Å²) in [7, 11) is 0. The van der Waals surface area contributed by atoms with Crippen LogP contribution in [-0.2, 0) is 6.42 Å². The van der Waals surface area contributed by atoms with Crippen molar-refractivity contribution in [3.8, 4) is 11.3 Å². The Labute approximate surface area is 160 Å². The Morgan fingerprint density at radius 3 is 2.88 bits per heavy atom. The van der Waals surface area contributed by atoms with Crippen molar-refractivity contribution in [3.63, 3.8) is 0 Å². The molecule has 0 radical (unpaired) electrons. The lowest BCUT2D eigenvalue weighted by Crippen LogP contribution is -2.08. The second-order valence-electron chi connectivity index (χ2n) is 5.50. The second kappa shape index (κ2) is 8.03. The number of thioether (sulfide) groups is 1. The second-order valence-corrected chi connectivity index (χ2v) is 8.48. The van der Waals surface area contributed by atoms with Gasteiger partial charge in [0.25, 0.3) is 0 Å². The van der Waals surface area contributed by atoms with Crippen molar-refractivity contribution in [2.45, 2.75) is 24.0 Å². The molecule has 0 amide bonds. The SMILES string of the molecule is CCCc1ccccc1Nc1nc(-c2cc(C(=N)N)sc2SC)cs1. The van der Waals surface area contributed by atoms with E-state index in [-0.39, 0.29) is 5.84 Å². The van der Waals surface area contributed by atoms with Gasteiger partial charge in [-0.3, -0.25) is 5.41 Å². The molecule has 2 aromatic heterocycles. The summed E-state index contributed by atoms with van der Waals surface area (Å²) >= 11 is 4.79. The molecule has 7 heteroatoms. The van der Waals surface area contributed by atoms with E-state index in [1.165, 1.54) is 5.56 Å². The zero-order chi connectivity index (χ0) is 17.8. The summed E-state index contributed by atoms with van der Waals surface area (Å²) in [6, 6.07) is 10.3. The fraction of sp³-hybridized carbons (Fsp3) is 0.222. The van der Waals surface area contributed by atoms with Gasteiger partial charge in [0, 0.05) is 16.6 Å². The van der Waals surface area contributed by atoms with Gasteiger partial charge in [0.15, 0.2) is 5.13 Å². The smallest absolute Gasteiger partial charge is 0.187 e. The third-order valence-corrected chi connectivity index (χ3v) is 6.77. The van der Waals surface area contributed by atoms with Crippen LogP contribution in [-0.4, -0.2) is 17.1 Å². The van der Waals surface area contributed by atoms with E-state index in [2.05, 4.69) is 35.8 Å². The number of nitrogens with zero attached hydrogens (tertiary/aromatic N) is 1. The Morgan fingerprint density at radius 2 is 2.16 bits per heavy atom. The zero-order valence-corrected chi connectivity index (χ0v) is 16.6. The van der Waals surface area contributed by atoms with Crippen molar-refractivity contribution in [2.75, 3.05) is 11.6 Å². The third kappa shape index (κ3) is 4.05. The van der Waals surface area contributed by atoms with Gasteiger partial charge in [-0.2, -0.15) is 0 Å². The van der Waals surface area contributed by atoms with Crippen molar-refractivity contribution >= 4 is 51.1 Å². The minimum absolute atomic E-state index is 0.105. The highest BCUT2D eigenvalue weighted by Crippen LogP contribution is 2.39. The van der Waals surface area contributed by atoms with Crippen LogP contribution in [0, 0.1) is 5.41 Å². The van der Waals surface area contributed by atoms with E-state index in [4.69, 9.17) is 16.1 Å². The number of anilines is 2. The number of thiophene rings is 1. The molecule has 3 aromatic rings. The highest BCUT2D eigenvalue weighted by molar-refractivity contribution is 8.00. The monoisotopic (exact) mass is 388 g/mol. The normalized spacial score (nSPS) is 10.8. The number of para-hydroxylation sites is 1. The van der Waals surface area contributed by atoms with Gasteiger partial charge in [-0.25, -0.2) is 4.98 Å². The van der Waals surface area contributed by atoms with E-state index in [0.717, 1.165) is 44.0 Å². The molecule has 4 nitrogen and oxygen atoms in total. The number of thiazole rings is 1. The molecule has 0 aliphatic rings. The maximum atomic E-state index is 7.65. The van der Waals surface area contributed by atoms with Crippen molar-refractivity contribution in [1.29, 1.82) is 5.41 Å². The quantitative estimate of drug-likeness (QED) is 0.281. The molecular formula is C18H20N4S3. The lowest BCUT2D eigenvalue weighted by molar-refractivity contribution is 0.923. The number of rotatable bonds is 7. The van der Waals surface area contributed by atoms with Crippen LogP contribution in [0.1, 0.15) is 23.8 Å². The Bertz CT molecular complexity index is 882. The molecule has 0 saturated carbocycles. The number of hydrogen-bond acceptors (Lipinski definition) is 6. The molecule has 0 saturated heterocycles. The molecule has 25 heavy (non-hydrogen) atoms. The van der Waals surface area contributed by atoms with Crippen LogP contribution in [0.15, 0.2) is 39.9 Å². The Balaban J connectivity index is 1.87. The van der Waals surface area contributed by atoms with Gasteiger partial charge in [-0.05, 0) is 30.4 Å². The number of hydrogen-bond donors (Lipinski definition) is 3. The summed E-state index contributed by atoms with van der Waals surface area (Å²) in [5, 5.41) is 14.0. The van der Waals surface area contributed by atoms with Gasteiger partial charge in [0.1, 0.15) is 5.84 Å². The van der Waals surface area contributed by atoms with E-state index in [0.29, 0.717) is 0 Å². The number of nitrogens with one attached hydrogen (secondary N) is 2. The van der Waals surface area contributed by atoms with Crippen molar-refractivity contribution < 1.29 is 0 Å². The van der Waals surface area contributed by atoms with Crippen molar-refractivity contribution in [2.24, 2.45) is 5.73 Å². The molecule has 0 spiro atoms. The van der Waals surface area contributed by atoms with Crippen LogP contribution in [0.5, 0.6) is 0 Å². The summed E-state index contributed by atoms with van der Waals surface area (Å²) in [5.74, 6) is 0.105. The number of benzene rings is 1. The summed E-state index contributed by atoms with van der Waals surface area (Å²) in [4.78, 5) is 5.53. The van der Waals surface area contributed by atoms with E-state index in [1.54, 1.807) is 34.4 Å². The third-order valence-electron chi connectivity index (χ3n) is 3.71. The molecule has 0 atom stereocenters. The lowest BCUT2D eigenvalue weighted by Gasteiger charge is -2.08. The van der Waals surface area contributed by atoms with E-state index < -0.39 is 0 Å². The lowest BCUT2D eigenvalue weighted by atomic mass is 10.1. The molecule has 0 bridgehead atoms. The first-order valence-electron chi connectivity index (χ1n) is 7.95. The van der Waals surface area contributed by atoms with Crippen LogP contribution in [0.25, 0.3) is 11.3 Å². The summed E-state index contributed by atoms with van der Waals surface area (Å²) in [6.45, 7) is 2.19. The predicted molar refractivity (Wildman–Crippen MR) is 112 cm³/mol. The van der Waals surface area contributed by atoms with Crippen LogP contribution >= 0.6 is 34.4 Å². The maximum Gasteiger partial charge on any atom is 0.187 e. The molecule has 1 aromatic carbocycles. The maximum absolute atomic E-state index is 7.65.